The SMILES string of the molecule is CC(=O)C1=NC(COC(=O)CCC(=O)OCc2cnc(C(C)=O)[nH]2)=CC1. The van der Waals surface area contributed by atoms with Gasteiger partial charge >= 0.3 is 11.9 Å². The van der Waals surface area contributed by atoms with E-state index in [0.717, 1.165) is 0 Å². The van der Waals surface area contributed by atoms with Crippen LogP contribution in [0, 0.1) is 0 Å². The Balaban J connectivity index is 1.64. The zero-order valence-electron chi connectivity index (χ0n) is 14.5. The monoisotopic (exact) mass is 361 g/mol. The maximum atomic E-state index is 11.6. The van der Waals surface area contributed by atoms with Crippen LogP contribution in [0.4, 0.5) is 0 Å². The lowest BCUT2D eigenvalue weighted by atomic mass is 10.2. The highest BCUT2D eigenvalue weighted by atomic mass is 16.5. The van der Waals surface area contributed by atoms with Crippen LogP contribution in [-0.4, -0.2) is 45.8 Å². The van der Waals surface area contributed by atoms with Crippen molar-refractivity contribution >= 4 is 29.2 Å². The normalized spacial score (nSPS) is 13.0. The van der Waals surface area contributed by atoms with Gasteiger partial charge in [0, 0.05) is 20.3 Å². The molecule has 138 valence electrons. The maximum absolute atomic E-state index is 11.6. The van der Waals surface area contributed by atoms with Crippen LogP contribution in [0.1, 0.15) is 49.4 Å². The number of H-pyrrole nitrogens is 1. The van der Waals surface area contributed by atoms with Gasteiger partial charge in [0.15, 0.2) is 17.4 Å². The predicted octanol–water partition coefficient (Wildman–Crippen LogP) is 1.30. The Labute approximate surface area is 149 Å². The zero-order valence-corrected chi connectivity index (χ0v) is 14.5. The number of aromatic amines is 1. The van der Waals surface area contributed by atoms with Crippen molar-refractivity contribution in [2.45, 2.75) is 39.7 Å². The number of Topliss-reactive ketones (excluding diaryl/α,β-unsaturated/α-hetero) is 2. The molecule has 1 aliphatic rings. The summed E-state index contributed by atoms with van der Waals surface area (Å²) in [6.07, 6.45) is 3.31. The van der Waals surface area contributed by atoms with E-state index in [2.05, 4.69) is 15.0 Å². The van der Waals surface area contributed by atoms with Crippen LogP contribution < -0.4 is 0 Å². The third kappa shape index (κ3) is 5.76. The Morgan fingerprint density at radius 2 is 1.69 bits per heavy atom. The number of hydrogen-bond acceptors (Lipinski definition) is 8. The Bertz CT molecular complexity index is 790. The Hall–Kier alpha value is -3.10. The molecule has 0 radical (unpaired) electrons. The van der Waals surface area contributed by atoms with E-state index in [1.165, 1.54) is 20.0 Å². The number of ketones is 2. The molecule has 1 aromatic rings. The van der Waals surface area contributed by atoms with Crippen molar-refractivity contribution in [3.8, 4) is 0 Å². The van der Waals surface area contributed by atoms with Gasteiger partial charge in [-0.2, -0.15) is 0 Å². The van der Waals surface area contributed by atoms with Gasteiger partial charge in [0.1, 0.15) is 13.2 Å². The summed E-state index contributed by atoms with van der Waals surface area (Å²) in [6, 6.07) is 0. The maximum Gasteiger partial charge on any atom is 0.306 e. The largest absolute Gasteiger partial charge is 0.459 e. The molecular weight excluding hydrogens is 342 g/mol. The van der Waals surface area contributed by atoms with Crippen molar-refractivity contribution in [1.29, 1.82) is 0 Å². The summed E-state index contributed by atoms with van der Waals surface area (Å²) in [5.41, 5.74) is 1.44. The molecule has 2 heterocycles. The molecule has 0 saturated carbocycles. The van der Waals surface area contributed by atoms with Crippen molar-refractivity contribution in [1.82, 2.24) is 9.97 Å². The minimum Gasteiger partial charge on any atom is -0.459 e. The first kappa shape index (κ1) is 19.2. The van der Waals surface area contributed by atoms with E-state index in [1.807, 2.05) is 0 Å². The first-order chi connectivity index (χ1) is 12.3. The van der Waals surface area contributed by atoms with Gasteiger partial charge in [-0.15, -0.1) is 0 Å². The molecule has 0 fully saturated rings. The van der Waals surface area contributed by atoms with Crippen molar-refractivity contribution in [2.24, 2.45) is 4.99 Å². The van der Waals surface area contributed by atoms with Gasteiger partial charge in [-0.3, -0.25) is 24.2 Å². The summed E-state index contributed by atoms with van der Waals surface area (Å²) >= 11 is 0. The average molecular weight is 361 g/mol. The second-order valence-electron chi connectivity index (χ2n) is 5.65. The van der Waals surface area contributed by atoms with E-state index in [1.54, 1.807) is 6.08 Å². The second kappa shape index (κ2) is 8.84. The molecule has 2 rings (SSSR count). The number of aromatic nitrogens is 2. The molecule has 0 aliphatic carbocycles. The summed E-state index contributed by atoms with van der Waals surface area (Å²) in [7, 11) is 0. The molecule has 9 heteroatoms. The van der Waals surface area contributed by atoms with Crippen LogP contribution >= 0.6 is 0 Å². The van der Waals surface area contributed by atoms with E-state index in [0.29, 0.717) is 23.5 Å². The number of nitrogens with one attached hydrogen (secondary N) is 1. The number of esters is 2. The van der Waals surface area contributed by atoms with Crippen molar-refractivity contribution in [3.63, 3.8) is 0 Å². The number of ether oxygens (including phenoxy) is 2. The fourth-order valence-electron chi connectivity index (χ4n) is 2.07. The summed E-state index contributed by atoms with van der Waals surface area (Å²) in [5.74, 6) is -1.27. The number of allylic oxidation sites excluding steroid dienone is 1. The summed E-state index contributed by atoms with van der Waals surface area (Å²) in [6.45, 7) is 2.70. The fraction of sp³-hybridized carbons (Fsp3) is 0.412. The average Bonchev–Trinajstić information content (AvgIpc) is 3.25. The summed E-state index contributed by atoms with van der Waals surface area (Å²) in [5, 5.41) is 0. The standard InChI is InChI=1S/C17H19N3O6/c1-10(21)14-4-3-12(19-14)8-25-15(23)5-6-16(24)26-9-13-7-18-17(20-13)11(2)22/h3,7H,4-6,8-9H2,1-2H3,(H,18,20). The van der Waals surface area contributed by atoms with Crippen LogP contribution in [0.3, 0.4) is 0 Å². The second-order valence-corrected chi connectivity index (χ2v) is 5.65. The highest BCUT2D eigenvalue weighted by Crippen LogP contribution is 2.12. The number of imidazole rings is 1. The van der Waals surface area contributed by atoms with Gasteiger partial charge in [0.25, 0.3) is 0 Å². The summed E-state index contributed by atoms with van der Waals surface area (Å²) in [4.78, 5) is 56.2. The molecule has 26 heavy (non-hydrogen) atoms. The minimum absolute atomic E-state index is 0.0351. The quantitative estimate of drug-likeness (QED) is 0.518. The smallest absolute Gasteiger partial charge is 0.306 e. The van der Waals surface area contributed by atoms with E-state index < -0.39 is 11.9 Å². The molecule has 0 saturated heterocycles. The van der Waals surface area contributed by atoms with E-state index in [-0.39, 0.29) is 43.4 Å². The third-order valence-electron chi connectivity index (χ3n) is 3.48. The molecule has 0 unspecified atom stereocenters. The van der Waals surface area contributed by atoms with E-state index in [9.17, 15) is 19.2 Å². The van der Waals surface area contributed by atoms with Crippen LogP contribution in [0.5, 0.6) is 0 Å². The van der Waals surface area contributed by atoms with E-state index >= 15 is 0 Å². The Kier molecular flexibility index (Phi) is 6.54. The molecule has 9 nitrogen and oxygen atoms in total. The minimum atomic E-state index is -0.571. The van der Waals surface area contributed by atoms with Crippen LogP contribution in [0.15, 0.2) is 23.0 Å². The van der Waals surface area contributed by atoms with Gasteiger partial charge in [0.2, 0.25) is 0 Å². The van der Waals surface area contributed by atoms with Gasteiger partial charge in [-0.1, -0.05) is 6.08 Å². The predicted molar refractivity (Wildman–Crippen MR) is 89.4 cm³/mol. The van der Waals surface area contributed by atoms with Gasteiger partial charge in [0.05, 0.1) is 36.1 Å². The molecule has 0 bridgehead atoms. The Morgan fingerprint density at radius 3 is 2.23 bits per heavy atom. The van der Waals surface area contributed by atoms with Crippen LogP contribution in [-0.2, 0) is 30.5 Å². The molecule has 1 N–H and O–H groups in total. The number of carbonyl (C=O) groups excluding carboxylic acids is 4. The highest BCUT2D eigenvalue weighted by molar-refractivity contribution is 6.40. The Morgan fingerprint density at radius 1 is 1.04 bits per heavy atom. The van der Waals surface area contributed by atoms with Gasteiger partial charge in [-0.05, 0) is 0 Å². The molecule has 0 atom stereocenters. The lowest BCUT2D eigenvalue weighted by Gasteiger charge is -2.05. The number of aliphatic imine (C=N–C) groups is 1. The first-order valence-corrected chi connectivity index (χ1v) is 7.98. The lowest BCUT2D eigenvalue weighted by molar-refractivity contribution is -0.150. The topological polar surface area (TPSA) is 128 Å². The molecule has 0 aromatic carbocycles. The molecule has 0 amide bonds. The summed E-state index contributed by atoms with van der Waals surface area (Å²) < 4.78 is 10.00. The van der Waals surface area contributed by atoms with E-state index in [4.69, 9.17) is 9.47 Å². The third-order valence-corrected chi connectivity index (χ3v) is 3.48. The van der Waals surface area contributed by atoms with Gasteiger partial charge in [-0.25, -0.2) is 4.98 Å². The van der Waals surface area contributed by atoms with Crippen LogP contribution in [0.2, 0.25) is 0 Å². The number of hydrogen-bond donors (Lipinski definition) is 1. The van der Waals surface area contributed by atoms with Crippen LogP contribution in [0.25, 0.3) is 0 Å². The zero-order chi connectivity index (χ0) is 19.1. The van der Waals surface area contributed by atoms with Crippen molar-refractivity contribution in [2.75, 3.05) is 6.61 Å². The number of rotatable bonds is 9. The highest BCUT2D eigenvalue weighted by Gasteiger charge is 2.15. The molecule has 1 aliphatic heterocycles. The molecule has 1 aromatic heterocycles. The number of nitrogens with zero attached hydrogens (tertiary/aromatic N) is 2. The molecule has 0 spiro atoms. The molecular formula is C17H19N3O6. The lowest BCUT2D eigenvalue weighted by Crippen LogP contribution is -2.11. The van der Waals surface area contributed by atoms with Gasteiger partial charge < -0.3 is 14.5 Å². The fourth-order valence-corrected chi connectivity index (χ4v) is 2.07. The number of carbonyl (C=O) groups is 4. The van der Waals surface area contributed by atoms with Crippen molar-refractivity contribution in [3.05, 3.63) is 29.5 Å². The van der Waals surface area contributed by atoms with Crippen molar-refractivity contribution < 1.29 is 28.7 Å². The first-order valence-electron chi connectivity index (χ1n) is 7.98.